The largest absolute Gasteiger partial charge is 0.384 e. The lowest BCUT2D eigenvalue weighted by Crippen LogP contribution is -2.11. The molecule has 2 aromatic rings. The minimum atomic E-state index is -0.397. The second-order valence-corrected chi connectivity index (χ2v) is 6.73. The smallest absolute Gasteiger partial charge is 0.124 e. The molecule has 0 fully saturated rings. The number of benzene rings is 1. The predicted molar refractivity (Wildman–Crippen MR) is 84.1 cm³/mol. The van der Waals surface area contributed by atoms with Gasteiger partial charge in [0, 0.05) is 23.8 Å². The molecule has 0 saturated carbocycles. The lowest BCUT2D eigenvalue weighted by atomic mass is 9.98. The molecule has 110 valence electrons. The highest BCUT2D eigenvalue weighted by molar-refractivity contribution is 7.09. The zero-order valence-corrected chi connectivity index (χ0v) is 13.2. The van der Waals surface area contributed by atoms with Gasteiger partial charge in [-0.15, -0.1) is 11.3 Å². The molecule has 1 N–H and O–H groups in total. The third kappa shape index (κ3) is 4.02. The van der Waals surface area contributed by atoms with Crippen molar-refractivity contribution in [2.24, 2.45) is 0 Å². The van der Waals surface area contributed by atoms with Gasteiger partial charge < -0.3 is 5.32 Å². The molecule has 0 radical (unpaired) electrons. The highest BCUT2D eigenvalue weighted by Gasteiger charge is 2.17. The van der Waals surface area contributed by atoms with Gasteiger partial charge in [0.1, 0.15) is 11.9 Å². The standard InChI is InChI=1S/C16H18FN3S/c1-16(2,3)15-20-13(10-21-15)6-7-19-14-5-4-12(17)8-11(14)9-18/h4-5,8,10,19H,6-7H2,1-3H3. The molecule has 0 aliphatic rings. The fraction of sp³-hybridized carbons (Fsp3) is 0.375. The van der Waals surface area contributed by atoms with Crippen LogP contribution >= 0.6 is 11.3 Å². The van der Waals surface area contributed by atoms with Gasteiger partial charge in [0.05, 0.1) is 22.0 Å². The van der Waals surface area contributed by atoms with Crippen molar-refractivity contribution >= 4 is 17.0 Å². The van der Waals surface area contributed by atoms with E-state index in [9.17, 15) is 4.39 Å². The monoisotopic (exact) mass is 303 g/mol. The Bertz CT molecular complexity index is 665. The van der Waals surface area contributed by atoms with E-state index in [4.69, 9.17) is 5.26 Å². The fourth-order valence-corrected chi connectivity index (χ4v) is 2.80. The fourth-order valence-electron chi connectivity index (χ4n) is 1.85. The molecule has 5 heteroatoms. The van der Waals surface area contributed by atoms with E-state index in [1.165, 1.54) is 12.1 Å². The molecule has 0 saturated heterocycles. The molecule has 3 nitrogen and oxygen atoms in total. The summed E-state index contributed by atoms with van der Waals surface area (Å²) in [6.07, 6.45) is 0.773. The van der Waals surface area contributed by atoms with Crippen molar-refractivity contribution in [1.82, 2.24) is 4.98 Å². The van der Waals surface area contributed by atoms with Crippen LogP contribution in [0.4, 0.5) is 10.1 Å². The zero-order valence-electron chi connectivity index (χ0n) is 12.4. The Balaban J connectivity index is 1.96. The van der Waals surface area contributed by atoms with Gasteiger partial charge in [-0.3, -0.25) is 0 Å². The van der Waals surface area contributed by atoms with Crippen molar-refractivity contribution in [1.29, 1.82) is 5.26 Å². The van der Waals surface area contributed by atoms with Gasteiger partial charge in [0.15, 0.2) is 0 Å². The van der Waals surface area contributed by atoms with Gasteiger partial charge in [0.2, 0.25) is 0 Å². The van der Waals surface area contributed by atoms with Crippen molar-refractivity contribution in [2.75, 3.05) is 11.9 Å². The molecule has 1 heterocycles. The van der Waals surface area contributed by atoms with E-state index in [1.807, 2.05) is 6.07 Å². The van der Waals surface area contributed by atoms with Gasteiger partial charge in [-0.2, -0.15) is 5.26 Å². The lowest BCUT2D eigenvalue weighted by Gasteiger charge is -2.13. The van der Waals surface area contributed by atoms with E-state index in [0.717, 1.165) is 17.1 Å². The van der Waals surface area contributed by atoms with Crippen LogP contribution in [0, 0.1) is 17.1 Å². The first-order valence-corrected chi connectivity index (χ1v) is 7.66. The topological polar surface area (TPSA) is 48.7 Å². The third-order valence-electron chi connectivity index (χ3n) is 2.99. The van der Waals surface area contributed by atoms with Crippen LogP contribution in [-0.2, 0) is 11.8 Å². The molecular formula is C16H18FN3S. The summed E-state index contributed by atoms with van der Waals surface area (Å²) >= 11 is 1.67. The van der Waals surface area contributed by atoms with Crippen LogP contribution in [0.25, 0.3) is 0 Å². The Hall–Kier alpha value is -1.93. The number of aromatic nitrogens is 1. The highest BCUT2D eigenvalue weighted by Crippen LogP contribution is 2.25. The van der Waals surface area contributed by atoms with Crippen LogP contribution in [0.1, 0.15) is 37.0 Å². The Morgan fingerprint density at radius 2 is 2.14 bits per heavy atom. The first kappa shape index (κ1) is 15.5. The molecule has 0 atom stereocenters. The summed E-state index contributed by atoms with van der Waals surface area (Å²) in [6, 6.07) is 6.18. The minimum Gasteiger partial charge on any atom is -0.384 e. The quantitative estimate of drug-likeness (QED) is 0.925. The van der Waals surface area contributed by atoms with Crippen LogP contribution in [0.15, 0.2) is 23.6 Å². The Kier molecular flexibility index (Phi) is 4.59. The number of anilines is 1. The second kappa shape index (κ2) is 6.23. The normalized spacial score (nSPS) is 11.2. The van der Waals surface area contributed by atoms with Gasteiger partial charge >= 0.3 is 0 Å². The van der Waals surface area contributed by atoms with Crippen molar-refractivity contribution in [2.45, 2.75) is 32.6 Å². The van der Waals surface area contributed by atoms with Crippen LogP contribution < -0.4 is 5.32 Å². The molecule has 2 rings (SSSR count). The van der Waals surface area contributed by atoms with E-state index >= 15 is 0 Å². The SMILES string of the molecule is CC(C)(C)c1nc(CCNc2ccc(F)cc2C#N)cs1. The highest BCUT2D eigenvalue weighted by atomic mass is 32.1. The third-order valence-corrected chi connectivity index (χ3v) is 4.31. The van der Waals surface area contributed by atoms with Crippen molar-refractivity contribution < 1.29 is 4.39 Å². The number of nitrogens with zero attached hydrogens (tertiary/aromatic N) is 2. The molecular weight excluding hydrogens is 285 g/mol. The summed E-state index contributed by atoms with van der Waals surface area (Å²) in [5, 5.41) is 15.3. The zero-order chi connectivity index (χ0) is 15.5. The summed E-state index contributed by atoms with van der Waals surface area (Å²) in [5.41, 5.74) is 2.09. The summed E-state index contributed by atoms with van der Waals surface area (Å²) in [4.78, 5) is 4.62. The van der Waals surface area contributed by atoms with Crippen molar-refractivity contribution in [3.8, 4) is 6.07 Å². The van der Waals surface area contributed by atoms with Crippen molar-refractivity contribution in [3.05, 3.63) is 45.7 Å². The number of hydrogen-bond acceptors (Lipinski definition) is 4. The summed E-state index contributed by atoms with van der Waals surface area (Å²) in [7, 11) is 0. The van der Waals surface area contributed by atoms with E-state index in [1.54, 1.807) is 17.4 Å². The number of thiazole rings is 1. The average Bonchev–Trinajstić information content (AvgIpc) is 2.89. The van der Waals surface area contributed by atoms with Gasteiger partial charge in [0.25, 0.3) is 0 Å². The molecule has 0 unspecified atom stereocenters. The summed E-state index contributed by atoms with van der Waals surface area (Å²) < 4.78 is 13.0. The van der Waals surface area contributed by atoms with Crippen LogP contribution in [0.2, 0.25) is 0 Å². The number of hydrogen-bond donors (Lipinski definition) is 1. The van der Waals surface area contributed by atoms with E-state index < -0.39 is 5.82 Å². The Morgan fingerprint density at radius 1 is 1.38 bits per heavy atom. The maximum Gasteiger partial charge on any atom is 0.124 e. The van der Waals surface area contributed by atoms with E-state index in [-0.39, 0.29) is 5.41 Å². The molecule has 0 bridgehead atoms. The maximum absolute atomic E-state index is 13.0. The minimum absolute atomic E-state index is 0.0707. The predicted octanol–water partition coefficient (Wildman–Crippen LogP) is 4.11. The Labute approximate surface area is 128 Å². The van der Waals surface area contributed by atoms with E-state index in [0.29, 0.717) is 17.8 Å². The number of rotatable bonds is 4. The summed E-state index contributed by atoms with van der Waals surface area (Å²) in [6.45, 7) is 7.09. The van der Waals surface area contributed by atoms with Gasteiger partial charge in [-0.05, 0) is 18.2 Å². The molecule has 0 aliphatic heterocycles. The van der Waals surface area contributed by atoms with Crippen LogP contribution in [0.5, 0.6) is 0 Å². The number of nitrogens with one attached hydrogen (secondary N) is 1. The van der Waals surface area contributed by atoms with E-state index in [2.05, 4.69) is 36.5 Å². The van der Waals surface area contributed by atoms with Crippen LogP contribution in [0.3, 0.4) is 0 Å². The number of nitriles is 1. The first-order chi connectivity index (χ1) is 9.90. The molecule has 1 aromatic carbocycles. The van der Waals surface area contributed by atoms with Crippen LogP contribution in [-0.4, -0.2) is 11.5 Å². The lowest BCUT2D eigenvalue weighted by molar-refractivity contribution is 0.583. The molecule has 1 aromatic heterocycles. The molecule has 0 amide bonds. The summed E-state index contributed by atoms with van der Waals surface area (Å²) in [5.74, 6) is -0.397. The first-order valence-electron chi connectivity index (χ1n) is 6.78. The van der Waals surface area contributed by atoms with Gasteiger partial charge in [-0.1, -0.05) is 20.8 Å². The average molecular weight is 303 g/mol. The Morgan fingerprint density at radius 3 is 2.76 bits per heavy atom. The molecule has 0 spiro atoms. The molecule has 21 heavy (non-hydrogen) atoms. The second-order valence-electron chi connectivity index (χ2n) is 5.87. The number of halogens is 1. The molecule has 0 aliphatic carbocycles. The maximum atomic E-state index is 13.0. The van der Waals surface area contributed by atoms with Gasteiger partial charge in [-0.25, -0.2) is 9.37 Å². The van der Waals surface area contributed by atoms with Crippen molar-refractivity contribution in [3.63, 3.8) is 0 Å².